The smallest absolute Gasteiger partial charge is 0.251 e. The number of nitrogens with zero attached hydrogens (tertiary/aromatic N) is 4. The van der Waals surface area contributed by atoms with Crippen LogP contribution < -0.4 is 0 Å². The summed E-state index contributed by atoms with van der Waals surface area (Å²) in [5.74, 6) is -0.454. The van der Waals surface area contributed by atoms with Crippen LogP contribution >= 0.6 is 0 Å². The summed E-state index contributed by atoms with van der Waals surface area (Å²) < 4.78 is 67.2. The minimum atomic E-state index is -4.50. The zero-order valence-electron chi connectivity index (χ0n) is 13.9. The quantitative estimate of drug-likeness (QED) is 0.790. The van der Waals surface area contributed by atoms with Crippen LogP contribution in [0.5, 0.6) is 0 Å². The molecule has 142 valence electrons. The highest BCUT2D eigenvalue weighted by atomic mass is 32.2. The number of sulfonamides is 1. The van der Waals surface area contributed by atoms with Gasteiger partial charge >= 0.3 is 6.18 Å². The minimum absolute atomic E-state index is 0.130. The summed E-state index contributed by atoms with van der Waals surface area (Å²) in [7, 11) is -3.75. The van der Waals surface area contributed by atoms with Crippen molar-refractivity contribution in [3.8, 4) is 0 Å². The molecule has 1 fully saturated rings. The molecule has 0 radical (unpaired) electrons. The first-order chi connectivity index (χ1) is 12.3. The van der Waals surface area contributed by atoms with E-state index in [1.165, 1.54) is 22.6 Å². The van der Waals surface area contributed by atoms with E-state index in [4.69, 9.17) is 0 Å². The van der Waals surface area contributed by atoms with E-state index in [0.29, 0.717) is 19.5 Å². The summed E-state index contributed by atoms with van der Waals surface area (Å²) in [6, 6.07) is 4.19. The molecule has 1 aromatic carbocycles. The first-order valence-corrected chi connectivity index (χ1v) is 9.86. The van der Waals surface area contributed by atoms with Crippen LogP contribution in [0.1, 0.15) is 30.4 Å². The molecule has 1 atom stereocenters. The van der Waals surface area contributed by atoms with Gasteiger partial charge in [0.1, 0.15) is 0 Å². The predicted octanol–water partition coefficient (Wildman–Crippen LogP) is 2.68. The van der Waals surface area contributed by atoms with Crippen LogP contribution in [0.3, 0.4) is 0 Å². The number of benzene rings is 1. The average molecular weight is 388 g/mol. The third-order valence-corrected chi connectivity index (χ3v) is 6.30. The Morgan fingerprint density at radius 1 is 1.23 bits per heavy atom. The summed E-state index contributed by atoms with van der Waals surface area (Å²) in [6.45, 7) is 0.739. The molecule has 0 amide bonds. The molecule has 0 N–H and O–H groups in total. The van der Waals surface area contributed by atoms with E-state index in [2.05, 4.69) is 10.3 Å². The molecule has 1 saturated heterocycles. The summed E-state index contributed by atoms with van der Waals surface area (Å²) in [4.78, 5) is 0. The Bertz CT molecular complexity index is 837. The van der Waals surface area contributed by atoms with Gasteiger partial charge in [-0.1, -0.05) is 29.8 Å². The highest BCUT2D eigenvalue weighted by molar-refractivity contribution is 7.88. The van der Waals surface area contributed by atoms with Crippen LogP contribution in [0.25, 0.3) is 0 Å². The fourth-order valence-corrected chi connectivity index (χ4v) is 5.00. The Kier molecular flexibility index (Phi) is 5.33. The van der Waals surface area contributed by atoms with Crippen LogP contribution in [0.2, 0.25) is 0 Å². The number of rotatable bonds is 5. The molecule has 0 spiro atoms. The van der Waals surface area contributed by atoms with E-state index in [9.17, 15) is 21.6 Å². The van der Waals surface area contributed by atoms with Crippen molar-refractivity contribution in [3.05, 3.63) is 47.8 Å². The maximum Gasteiger partial charge on any atom is 0.416 e. The van der Waals surface area contributed by atoms with Crippen LogP contribution in [0, 0.1) is 0 Å². The van der Waals surface area contributed by atoms with E-state index in [0.717, 1.165) is 25.0 Å². The second-order valence-corrected chi connectivity index (χ2v) is 8.26. The highest BCUT2D eigenvalue weighted by Gasteiger charge is 2.34. The van der Waals surface area contributed by atoms with E-state index in [1.807, 2.05) is 0 Å². The minimum Gasteiger partial charge on any atom is -0.251 e. The van der Waals surface area contributed by atoms with Crippen LogP contribution in [-0.4, -0.2) is 40.3 Å². The third-order valence-electron chi connectivity index (χ3n) is 4.40. The number of hydrogen-bond acceptors (Lipinski definition) is 4. The molecule has 1 aliphatic rings. The lowest BCUT2D eigenvalue weighted by atomic mass is 10.1. The lowest BCUT2D eigenvalue weighted by Crippen LogP contribution is -2.46. The molecule has 1 aromatic heterocycles. The molecular formula is C16H19F3N4O2S. The maximum atomic E-state index is 12.9. The van der Waals surface area contributed by atoms with Gasteiger partial charge in [-0.3, -0.25) is 4.68 Å². The normalized spacial score (nSPS) is 19.6. The number of alkyl halides is 3. The molecule has 3 rings (SSSR count). The molecule has 0 unspecified atom stereocenters. The van der Waals surface area contributed by atoms with E-state index in [-0.39, 0.29) is 11.6 Å². The van der Waals surface area contributed by atoms with Crippen molar-refractivity contribution in [2.24, 2.45) is 0 Å². The van der Waals surface area contributed by atoms with Gasteiger partial charge in [-0.2, -0.15) is 17.5 Å². The largest absolute Gasteiger partial charge is 0.416 e. The van der Waals surface area contributed by atoms with E-state index < -0.39 is 27.5 Å². The lowest BCUT2D eigenvalue weighted by Gasteiger charge is -2.34. The Morgan fingerprint density at radius 3 is 2.73 bits per heavy atom. The zero-order valence-corrected chi connectivity index (χ0v) is 14.7. The second kappa shape index (κ2) is 7.36. The third kappa shape index (κ3) is 4.42. The molecule has 2 heterocycles. The Hall–Kier alpha value is -1.94. The zero-order chi connectivity index (χ0) is 18.8. The first kappa shape index (κ1) is 18.8. The van der Waals surface area contributed by atoms with Gasteiger partial charge in [0, 0.05) is 18.8 Å². The van der Waals surface area contributed by atoms with Gasteiger partial charge in [0.05, 0.1) is 24.1 Å². The van der Waals surface area contributed by atoms with Crippen molar-refractivity contribution in [1.82, 2.24) is 19.3 Å². The second-order valence-electron chi connectivity index (χ2n) is 6.34. The Morgan fingerprint density at radius 2 is 2.04 bits per heavy atom. The van der Waals surface area contributed by atoms with Crippen molar-refractivity contribution in [2.75, 3.05) is 6.54 Å². The van der Waals surface area contributed by atoms with Crippen molar-refractivity contribution < 1.29 is 21.6 Å². The molecule has 2 aromatic rings. The molecular weight excluding hydrogens is 369 g/mol. The fraction of sp³-hybridized carbons (Fsp3) is 0.500. The molecule has 1 aliphatic heterocycles. The van der Waals surface area contributed by atoms with Gasteiger partial charge in [-0.05, 0) is 24.5 Å². The molecule has 0 aliphatic carbocycles. The van der Waals surface area contributed by atoms with Gasteiger partial charge in [0.2, 0.25) is 10.0 Å². The molecule has 10 heteroatoms. The van der Waals surface area contributed by atoms with E-state index >= 15 is 0 Å². The summed E-state index contributed by atoms with van der Waals surface area (Å²) in [5, 5.41) is 7.58. The van der Waals surface area contributed by atoms with Crippen LogP contribution in [-0.2, 0) is 28.5 Å². The summed E-state index contributed by atoms with van der Waals surface area (Å²) in [6.07, 6.45) is 0.989. The predicted molar refractivity (Wildman–Crippen MR) is 88.4 cm³/mol. The number of piperidine rings is 1. The van der Waals surface area contributed by atoms with Crippen molar-refractivity contribution >= 4 is 10.0 Å². The topological polar surface area (TPSA) is 68.1 Å². The summed E-state index contributed by atoms with van der Waals surface area (Å²) >= 11 is 0. The molecule has 0 saturated carbocycles. The fourth-order valence-electron chi connectivity index (χ4n) is 3.20. The van der Waals surface area contributed by atoms with Gasteiger partial charge in [-0.15, -0.1) is 5.10 Å². The van der Waals surface area contributed by atoms with E-state index in [1.54, 1.807) is 10.9 Å². The maximum absolute atomic E-state index is 12.9. The van der Waals surface area contributed by atoms with Crippen molar-refractivity contribution in [1.29, 1.82) is 0 Å². The van der Waals surface area contributed by atoms with Gasteiger partial charge in [0.25, 0.3) is 0 Å². The highest BCUT2D eigenvalue weighted by Crippen LogP contribution is 2.30. The van der Waals surface area contributed by atoms with Gasteiger partial charge in [-0.25, -0.2) is 8.42 Å². The lowest BCUT2D eigenvalue weighted by molar-refractivity contribution is -0.137. The van der Waals surface area contributed by atoms with Crippen LogP contribution in [0.4, 0.5) is 13.2 Å². The van der Waals surface area contributed by atoms with Crippen molar-refractivity contribution in [3.63, 3.8) is 0 Å². The Labute approximate surface area is 149 Å². The Balaban J connectivity index is 1.79. The number of halogens is 3. The first-order valence-electron chi connectivity index (χ1n) is 8.25. The molecule has 26 heavy (non-hydrogen) atoms. The SMILES string of the molecule is O=S(=O)(Cc1cccc(C(F)(F)F)c1)N1CCCC[C@H]1Cn1ccnn1. The van der Waals surface area contributed by atoms with Gasteiger partial charge in [0.15, 0.2) is 0 Å². The monoisotopic (exact) mass is 388 g/mol. The van der Waals surface area contributed by atoms with Gasteiger partial charge < -0.3 is 0 Å². The van der Waals surface area contributed by atoms with Crippen molar-refractivity contribution in [2.45, 2.75) is 43.8 Å². The van der Waals surface area contributed by atoms with Crippen LogP contribution in [0.15, 0.2) is 36.7 Å². The average Bonchev–Trinajstić information content (AvgIpc) is 3.07. The number of aromatic nitrogens is 3. The standard InChI is InChI=1S/C16H19F3N4O2S/c17-16(18,19)14-5-3-4-13(10-14)12-26(24,25)23-8-2-1-6-15(23)11-22-9-7-20-21-22/h3-5,7,9-10,15H,1-2,6,8,11-12H2/t15-/m0/s1. The number of hydrogen-bond donors (Lipinski definition) is 0. The molecule has 0 bridgehead atoms. The summed E-state index contributed by atoms with van der Waals surface area (Å²) in [5.41, 5.74) is -0.715. The molecule has 6 nitrogen and oxygen atoms in total.